The van der Waals surface area contributed by atoms with Gasteiger partial charge >= 0.3 is 23.9 Å². The van der Waals surface area contributed by atoms with E-state index in [1.54, 1.807) is 110 Å². The number of halogens is 2. The summed E-state index contributed by atoms with van der Waals surface area (Å²) in [4.78, 5) is 44.8. The Morgan fingerprint density at radius 2 is 0.548 bits per heavy atom. The molecule has 0 aromatic heterocycles. The molecule has 0 radical (unpaired) electrons. The lowest BCUT2D eigenvalue weighted by Crippen LogP contribution is -2.37. The van der Waals surface area contributed by atoms with Crippen molar-refractivity contribution in [1.82, 2.24) is 0 Å². The van der Waals surface area contributed by atoms with Gasteiger partial charge in [-0.2, -0.15) is 0 Å². The van der Waals surface area contributed by atoms with Gasteiger partial charge in [0.05, 0.1) is 32.5 Å². The summed E-state index contributed by atoms with van der Waals surface area (Å²) in [5.41, 5.74) is 11.4. The van der Waals surface area contributed by atoms with Crippen LogP contribution in [0.15, 0.2) is 309 Å². The highest BCUT2D eigenvalue weighted by Crippen LogP contribution is 2.31. The van der Waals surface area contributed by atoms with Gasteiger partial charge in [0, 0.05) is 12.1 Å². The van der Waals surface area contributed by atoms with Gasteiger partial charge < -0.3 is 67.8 Å². The van der Waals surface area contributed by atoms with Crippen molar-refractivity contribution in [3.05, 3.63) is 404 Å². The third kappa shape index (κ3) is 30.7. The van der Waals surface area contributed by atoms with Crippen molar-refractivity contribution in [3.8, 4) is 57.5 Å². The zero-order valence-electron chi connectivity index (χ0n) is 70.4. The predicted octanol–water partition coefficient (Wildman–Crippen LogP) is 22.0. The quantitative estimate of drug-likeness (QED) is 0.0281. The number of hydrogen-bond donors (Lipinski definition) is 4. The molecular weight excluding hydrogens is 1580 g/mol. The van der Waals surface area contributed by atoms with Gasteiger partial charge in [0.25, 0.3) is 0 Å². The first kappa shape index (κ1) is 91.9. The zero-order chi connectivity index (χ0) is 88.2. The topological polar surface area (TPSA) is 241 Å². The van der Waals surface area contributed by atoms with Gasteiger partial charge in [0.2, 0.25) is 0 Å². The molecule has 13 aromatic rings. The minimum atomic E-state index is -1.26. The maximum Gasteiger partial charge on any atom is 0.347 e. The van der Waals surface area contributed by atoms with Crippen molar-refractivity contribution in [3.63, 3.8) is 0 Å². The van der Waals surface area contributed by atoms with Crippen LogP contribution in [-0.2, 0) is 94.0 Å². The molecule has 0 heterocycles. The molecule has 640 valence electrons. The smallest absolute Gasteiger partial charge is 0.347 e. The van der Waals surface area contributed by atoms with Crippen LogP contribution in [-0.4, -0.2) is 76.8 Å². The molecule has 0 bridgehead atoms. The van der Waals surface area contributed by atoms with Crippen LogP contribution >= 0.6 is 0 Å². The number of ether oxygens (including phenoxy) is 10. The molecule has 20 heteroatoms. The molecule has 0 amide bonds. The molecule has 13 rings (SSSR count). The van der Waals surface area contributed by atoms with Crippen LogP contribution in [0.5, 0.6) is 57.5 Å². The Bertz CT molecular complexity index is 5530. The Morgan fingerprint density at radius 3 is 0.911 bits per heavy atom. The minimum absolute atomic E-state index is 0.0794. The van der Waals surface area contributed by atoms with E-state index in [-0.39, 0.29) is 17.7 Å². The molecule has 0 saturated carbocycles. The molecule has 0 saturated heterocycles. The summed E-state index contributed by atoms with van der Waals surface area (Å²) in [7, 11) is 4.93. The molecule has 0 fully saturated rings. The number of carboxylic acids is 4. The number of aryl methyl sites for hydroxylation is 8. The Balaban J connectivity index is 0.000000174. The Morgan fingerprint density at radius 1 is 0.258 bits per heavy atom. The minimum Gasteiger partial charge on any atom is -0.497 e. The van der Waals surface area contributed by atoms with Crippen LogP contribution < -0.4 is 47.4 Å². The standard InChI is InChI=1S/C31H30O6.C26H28O5.C25H26O4.C22H18F2O3/c1-34-27-13-7-23(8-14-27)20-36-29-17-12-25(11-6-22-4-3-5-26(18-22)31(32)33)30(19-29)37-21-24-9-15-28(35-2)16-10-24;1-26(2,25(27)28)31-24-6-4-5-20(17-24)8-7-19-9-15-23(16-10-19)30-18-21-11-13-22(29-3)14-12-21;1-25(2,24(26)27)29-23-10-6-9-20(17-23)12-11-19-13-15-22(16-14-19)28-18-21-7-4-3-5-8-21;23-19-11-17(12-20(24)13-19)14-27-21-8-6-15(7-9-21)4-5-16-2-1-3-18(10-16)22(25)26/h3-5,7-10,12-19H,6,11,20-21H2,1-2H3,(H,32,33);4-6,9-17H,7-8,18H2,1-3H3,(H,27,28);3-10,13-17H,11-12,18H2,1-2H3,(H,26,27);1-3,6-13H,4-5,14H2,(H,25,26). The van der Waals surface area contributed by atoms with E-state index in [0.29, 0.717) is 67.8 Å². The molecule has 0 atom stereocenters. The van der Waals surface area contributed by atoms with E-state index in [1.165, 1.54) is 23.3 Å². The van der Waals surface area contributed by atoms with Gasteiger partial charge in [-0.15, -0.1) is 0 Å². The Kier molecular flexibility index (Phi) is 34.4. The molecule has 0 spiro atoms. The molecule has 18 nitrogen and oxygen atoms in total. The maximum atomic E-state index is 13.2. The number of rotatable bonds is 38. The first-order valence-corrected chi connectivity index (χ1v) is 40.4. The third-order valence-electron chi connectivity index (χ3n) is 19.8. The second-order valence-corrected chi connectivity index (χ2v) is 30.1. The molecule has 0 aliphatic rings. The number of carboxylic acid groups (broad SMARTS) is 4. The lowest BCUT2D eigenvalue weighted by molar-refractivity contribution is -0.152. The molecule has 0 aliphatic heterocycles. The van der Waals surface area contributed by atoms with Crippen LogP contribution in [0.4, 0.5) is 8.78 Å². The van der Waals surface area contributed by atoms with E-state index in [9.17, 15) is 43.3 Å². The highest BCUT2D eigenvalue weighted by molar-refractivity contribution is 5.88. The summed E-state index contributed by atoms with van der Waals surface area (Å²) in [6, 6.07) is 95.4. The van der Waals surface area contributed by atoms with Gasteiger partial charge in [-0.05, 0) is 291 Å². The average Bonchev–Trinajstić information content (AvgIpc) is 0.792. The van der Waals surface area contributed by atoms with Crippen LogP contribution in [0.25, 0.3) is 0 Å². The van der Waals surface area contributed by atoms with E-state index >= 15 is 0 Å². The van der Waals surface area contributed by atoms with Crippen molar-refractivity contribution in [2.45, 2.75) is 123 Å². The molecule has 0 aliphatic carbocycles. The Labute approximate surface area is 722 Å². The fourth-order valence-corrected chi connectivity index (χ4v) is 12.6. The van der Waals surface area contributed by atoms with Gasteiger partial charge in [-0.25, -0.2) is 28.0 Å². The molecule has 0 unspecified atom stereocenters. The summed E-state index contributed by atoms with van der Waals surface area (Å²) >= 11 is 0. The Hall–Kier alpha value is -14.4. The van der Waals surface area contributed by atoms with Gasteiger partial charge in [0.1, 0.15) is 102 Å². The zero-order valence-corrected chi connectivity index (χ0v) is 70.4. The normalized spacial score (nSPS) is 10.8. The van der Waals surface area contributed by atoms with Crippen molar-refractivity contribution in [1.29, 1.82) is 0 Å². The summed E-state index contributed by atoms with van der Waals surface area (Å²) < 4.78 is 82.7. The SMILES string of the molecule is CC(C)(Oc1cccc(CCc2ccc(OCc3ccccc3)cc2)c1)C(=O)O.COc1ccc(COc2ccc(CCc3cccc(C(=O)O)c3)c(OCc3ccc(OC)cc3)c2)cc1.COc1ccc(COc2ccc(CCc3cccc(OC(C)(C)C(=O)O)c3)cc2)cc1.O=C(O)c1cccc(CCc2ccc(OCc3cc(F)cc(F)c3)cc2)c1. The first-order chi connectivity index (χ1) is 59.8. The number of benzene rings is 13. The third-order valence-corrected chi connectivity index (χ3v) is 19.8. The second-order valence-electron chi connectivity index (χ2n) is 30.1. The van der Waals surface area contributed by atoms with E-state index in [4.69, 9.17) is 52.5 Å². The van der Waals surface area contributed by atoms with E-state index in [1.807, 2.05) is 206 Å². The number of carbonyl (C=O) groups is 4. The highest BCUT2D eigenvalue weighted by atomic mass is 19.1. The van der Waals surface area contributed by atoms with Crippen LogP contribution in [0.1, 0.15) is 121 Å². The molecular formula is C104H102F2O18. The average molecular weight is 1680 g/mol. The molecule has 13 aromatic carbocycles. The highest BCUT2D eigenvalue weighted by Gasteiger charge is 2.30. The van der Waals surface area contributed by atoms with Crippen molar-refractivity contribution < 1.29 is 95.8 Å². The monoisotopic (exact) mass is 1680 g/mol. The number of aliphatic carboxylic acids is 2. The predicted molar refractivity (Wildman–Crippen MR) is 473 cm³/mol. The van der Waals surface area contributed by atoms with Gasteiger partial charge in [0.15, 0.2) is 11.2 Å². The van der Waals surface area contributed by atoms with Gasteiger partial charge in [-0.1, -0.05) is 158 Å². The fourth-order valence-electron chi connectivity index (χ4n) is 12.6. The van der Waals surface area contributed by atoms with Gasteiger partial charge in [-0.3, -0.25) is 0 Å². The second kappa shape index (κ2) is 46.4. The van der Waals surface area contributed by atoms with Crippen molar-refractivity contribution in [2.75, 3.05) is 21.3 Å². The van der Waals surface area contributed by atoms with E-state index in [2.05, 4.69) is 24.3 Å². The van der Waals surface area contributed by atoms with Crippen LogP contribution in [0.3, 0.4) is 0 Å². The van der Waals surface area contributed by atoms with E-state index < -0.39 is 46.7 Å². The number of aromatic carboxylic acids is 2. The van der Waals surface area contributed by atoms with Crippen LogP contribution in [0, 0.1) is 11.6 Å². The summed E-state index contributed by atoms with van der Waals surface area (Å²) in [6.07, 6.45) is 6.29. The maximum absolute atomic E-state index is 13.2. The summed E-state index contributed by atoms with van der Waals surface area (Å²) in [6.45, 7) is 8.13. The van der Waals surface area contributed by atoms with Crippen molar-refractivity contribution in [2.24, 2.45) is 0 Å². The first-order valence-electron chi connectivity index (χ1n) is 40.4. The molecule has 4 N–H and O–H groups in total. The number of hydrogen-bond acceptors (Lipinski definition) is 14. The number of methoxy groups -OCH3 is 3. The van der Waals surface area contributed by atoms with Crippen LogP contribution in [0.2, 0.25) is 0 Å². The summed E-state index contributed by atoms with van der Waals surface area (Å²) in [5, 5.41) is 36.8. The lowest BCUT2D eigenvalue weighted by Gasteiger charge is -2.21. The molecule has 124 heavy (non-hydrogen) atoms. The van der Waals surface area contributed by atoms with E-state index in [0.717, 1.165) is 135 Å². The van der Waals surface area contributed by atoms with Crippen molar-refractivity contribution >= 4 is 23.9 Å². The lowest BCUT2D eigenvalue weighted by atomic mass is 10.0. The largest absolute Gasteiger partial charge is 0.497 e. The summed E-state index contributed by atoms with van der Waals surface area (Å²) in [5.74, 6) is 2.18. The fraction of sp³-hybridized carbons (Fsp3) is 0.212.